The highest BCUT2D eigenvalue weighted by Gasteiger charge is 2.13. The minimum absolute atomic E-state index is 0.289. The average Bonchev–Trinajstić information content (AvgIpc) is 2.67. The van der Waals surface area contributed by atoms with E-state index >= 15 is 0 Å². The number of benzene rings is 2. The van der Waals surface area contributed by atoms with E-state index in [1.54, 1.807) is 24.3 Å². The Balaban J connectivity index is 2.13. The second-order valence-corrected chi connectivity index (χ2v) is 7.34. The number of carbonyl (C=O) groups excluding carboxylic acids is 2. The van der Waals surface area contributed by atoms with Crippen molar-refractivity contribution < 1.29 is 19.8 Å². The van der Waals surface area contributed by atoms with Gasteiger partial charge in [0.2, 0.25) is 11.6 Å². The largest absolute Gasteiger partial charge is 0.507 e. The summed E-state index contributed by atoms with van der Waals surface area (Å²) in [6.45, 7) is 8.23. The number of aliphatic hydroxyl groups is 2. The molecule has 0 radical (unpaired) electrons. The molecule has 4 nitrogen and oxygen atoms in total. The Bertz CT molecular complexity index is 821. The number of hydrogen-bond acceptors (Lipinski definition) is 4. The highest BCUT2D eigenvalue weighted by molar-refractivity contribution is 6.47. The van der Waals surface area contributed by atoms with Crippen LogP contribution in [-0.2, 0) is 9.59 Å². The maximum Gasteiger partial charge on any atom is 0.229 e. The summed E-state index contributed by atoms with van der Waals surface area (Å²) in [5, 5.41) is 20.2. The first-order valence-corrected chi connectivity index (χ1v) is 9.29. The fraction of sp³-hybridized carbons (Fsp3) is 0.250. The second-order valence-electron chi connectivity index (χ2n) is 7.34. The number of rotatable bonds is 7. The van der Waals surface area contributed by atoms with E-state index < -0.39 is 11.6 Å². The predicted octanol–water partition coefficient (Wildman–Crippen LogP) is 5.57. The minimum atomic E-state index is -0.907. The van der Waals surface area contributed by atoms with Crippen LogP contribution in [0.25, 0.3) is 11.5 Å². The first-order valence-electron chi connectivity index (χ1n) is 9.29. The van der Waals surface area contributed by atoms with Gasteiger partial charge in [0.25, 0.3) is 0 Å². The van der Waals surface area contributed by atoms with Crippen molar-refractivity contribution in [2.45, 2.75) is 39.5 Å². The standard InChI is InChI=1S/C24H26O4/c1-15(2)17-5-9-19(10-6-17)21(25)13-23(27)24(28)14-22(26)20-11-7-18(8-12-20)16(3)4/h5-16,25-26H,1-4H3/b21-13-,22-14+. The molecule has 0 heterocycles. The molecule has 2 aromatic carbocycles. The Kier molecular flexibility index (Phi) is 6.94. The Hall–Kier alpha value is -3.14. The fourth-order valence-corrected chi connectivity index (χ4v) is 2.63. The monoisotopic (exact) mass is 378 g/mol. The molecule has 28 heavy (non-hydrogen) atoms. The minimum Gasteiger partial charge on any atom is -0.507 e. The van der Waals surface area contributed by atoms with Gasteiger partial charge in [-0.1, -0.05) is 76.2 Å². The van der Waals surface area contributed by atoms with Crippen LogP contribution in [0.4, 0.5) is 0 Å². The van der Waals surface area contributed by atoms with Crippen LogP contribution in [0.1, 0.15) is 61.8 Å². The lowest BCUT2D eigenvalue weighted by molar-refractivity contribution is -0.130. The van der Waals surface area contributed by atoms with Gasteiger partial charge in [0, 0.05) is 23.3 Å². The lowest BCUT2D eigenvalue weighted by Gasteiger charge is -2.06. The summed E-state index contributed by atoms with van der Waals surface area (Å²) < 4.78 is 0. The summed E-state index contributed by atoms with van der Waals surface area (Å²) in [5.41, 5.74) is 3.11. The summed E-state index contributed by atoms with van der Waals surface area (Å²) >= 11 is 0. The molecule has 2 rings (SSSR count). The van der Waals surface area contributed by atoms with Gasteiger partial charge in [-0.25, -0.2) is 0 Å². The molecular formula is C24H26O4. The van der Waals surface area contributed by atoms with Gasteiger partial charge in [0.05, 0.1) is 0 Å². The molecule has 2 aromatic rings. The molecule has 0 saturated carbocycles. The quantitative estimate of drug-likeness (QED) is 0.375. The molecule has 2 N–H and O–H groups in total. The number of allylic oxidation sites excluding steroid dienone is 2. The molecule has 0 fully saturated rings. The van der Waals surface area contributed by atoms with Crippen molar-refractivity contribution in [2.75, 3.05) is 0 Å². The van der Waals surface area contributed by atoms with Gasteiger partial charge in [-0.15, -0.1) is 0 Å². The number of ketones is 2. The van der Waals surface area contributed by atoms with Crippen LogP contribution < -0.4 is 0 Å². The van der Waals surface area contributed by atoms with Crippen LogP contribution in [0.2, 0.25) is 0 Å². The third-order valence-electron chi connectivity index (χ3n) is 4.52. The van der Waals surface area contributed by atoms with Crippen molar-refractivity contribution in [3.8, 4) is 0 Å². The zero-order chi connectivity index (χ0) is 20.8. The number of aliphatic hydroxyl groups excluding tert-OH is 2. The van der Waals surface area contributed by atoms with Crippen LogP contribution in [0.15, 0.2) is 60.7 Å². The summed E-state index contributed by atoms with van der Waals surface area (Å²) in [7, 11) is 0. The highest BCUT2D eigenvalue weighted by atomic mass is 16.3. The number of hydrogen-bond donors (Lipinski definition) is 2. The molecule has 0 amide bonds. The molecule has 0 aliphatic carbocycles. The summed E-state index contributed by atoms with van der Waals surface area (Å²) in [6, 6.07) is 14.2. The summed E-state index contributed by atoms with van der Waals surface area (Å²) in [6.07, 6.45) is 1.75. The Labute approximate surface area is 165 Å². The van der Waals surface area contributed by atoms with Crippen molar-refractivity contribution >= 4 is 23.1 Å². The van der Waals surface area contributed by atoms with Crippen molar-refractivity contribution in [1.29, 1.82) is 0 Å². The van der Waals surface area contributed by atoms with Gasteiger partial charge < -0.3 is 10.2 Å². The van der Waals surface area contributed by atoms with E-state index in [1.165, 1.54) is 0 Å². The van der Waals surface area contributed by atoms with Crippen LogP contribution in [-0.4, -0.2) is 21.8 Å². The molecule has 0 aromatic heterocycles. The third-order valence-corrected chi connectivity index (χ3v) is 4.52. The molecule has 0 saturated heterocycles. The van der Waals surface area contributed by atoms with Gasteiger partial charge in [-0.05, 0) is 23.0 Å². The predicted molar refractivity (Wildman–Crippen MR) is 112 cm³/mol. The van der Waals surface area contributed by atoms with Gasteiger partial charge in [0.15, 0.2) is 0 Å². The molecule has 0 atom stereocenters. The summed E-state index contributed by atoms with van der Waals surface area (Å²) in [4.78, 5) is 24.1. The molecule has 146 valence electrons. The van der Waals surface area contributed by atoms with Crippen molar-refractivity contribution in [3.05, 3.63) is 82.9 Å². The van der Waals surface area contributed by atoms with E-state index in [-0.39, 0.29) is 11.5 Å². The van der Waals surface area contributed by atoms with Crippen molar-refractivity contribution in [2.24, 2.45) is 0 Å². The lowest BCUT2D eigenvalue weighted by atomic mass is 10.0. The Morgan fingerprint density at radius 1 is 0.643 bits per heavy atom. The normalized spacial score (nSPS) is 12.5. The van der Waals surface area contributed by atoms with Crippen molar-refractivity contribution in [1.82, 2.24) is 0 Å². The maximum absolute atomic E-state index is 12.1. The Morgan fingerprint density at radius 3 is 1.18 bits per heavy atom. The zero-order valence-electron chi connectivity index (χ0n) is 16.6. The van der Waals surface area contributed by atoms with Crippen LogP contribution >= 0.6 is 0 Å². The van der Waals surface area contributed by atoms with E-state index in [0.717, 1.165) is 23.3 Å². The van der Waals surface area contributed by atoms with E-state index in [1.807, 2.05) is 24.3 Å². The zero-order valence-corrected chi connectivity index (χ0v) is 16.6. The summed E-state index contributed by atoms with van der Waals surface area (Å²) in [5.74, 6) is -1.69. The van der Waals surface area contributed by atoms with Crippen molar-refractivity contribution in [3.63, 3.8) is 0 Å². The van der Waals surface area contributed by atoms with Gasteiger partial charge in [0.1, 0.15) is 11.5 Å². The first kappa shape index (κ1) is 21.2. The van der Waals surface area contributed by atoms with E-state index in [9.17, 15) is 19.8 Å². The van der Waals surface area contributed by atoms with E-state index in [0.29, 0.717) is 23.0 Å². The Morgan fingerprint density at radius 2 is 0.929 bits per heavy atom. The average molecular weight is 378 g/mol. The number of carbonyl (C=O) groups is 2. The first-order chi connectivity index (χ1) is 13.2. The van der Waals surface area contributed by atoms with Crippen LogP contribution in [0.5, 0.6) is 0 Å². The topological polar surface area (TPSA) is 74.6 Å². The second kappa shape index (κ2) is 9.18. The highest BCUT2D eigenvalue weighted by Crippen LogP contribution is 2.19. The van der Waals surface area contributed by atoms with Gasteiger partial charge in [-0.3, -0.25) is 9.59 Å². The SMILES string of the molecule is CC(C)c1ccc(/C(O)=C/C(=O)C(=O)/C=C(/O)c2ccc(C(C)C)cc2)cc1. The smallest absolute Gasteiger partial charge is 0.229 e. The molecule has 0 spiro atoms. The van der Waals surface area contributed by atoms with E-state index in [4.69, 9.17) is 0 Å². The maximum atomic E-state index is 12.1. The van der Waals surface area contributed by atoms with Gasteiger partial charge in [-0.2, -0.15) is 0 Å². The molecule has 0 aliphatic rings. The molecule has 0 unspecified atom stereocenters. The van der Waals surface area contributed by atoms with Gasteiger partial charge >= 0.3 is 0 Å². The lowest BCUT2D eigenvalue weighted by Crippen LogP contribution is -2.09. The van der Waals surface area contributed by atoms with Crippen LogP contribution in [0, 0.1) is 0 Å². The fourth-order valence-electron chi connectivity index (χ4n) is 2.63. The molecule has 0 aliphatic heterocycles. The molecule has 0 bridgehead atoms. The van der Waals surface area contributed by atoms with E-state index in [2.05, 4.69) is 27.7 Å². The third kappa shape index (κ3) is 5.43. The van der Waals surface area contributed by atoms with Crippen LogP contribution in [0.3, 0.4) is 0 Å². The molecule has 4 heteroatoms. The molecular weight excluding hydrogens is 352 g/mol.